The monoisotopic (exact) mass is 141 g/mol. The summed E-state index contributed by atoms with van der Waals surface area (Å²) in [6.45, 7) is 1.77. The number of rotatable bonds is 1. The molecule has 0 fully saturated rings. The van der Waals surface area contributed by atoms with Crippen LogP contribution in [0.1, 0.15) is 6.92 Å². The summed E-state index contributed by atoms with van der Waals surface area (Å²) in [6.07, 6.45) is 1.59. The topological polar surface area (TPSA) is 30.2 Å². The Morgan fingerprint density at radius 2 is 2.50 bits per heavy atom. The molecule has 0 amide bonds. The third-order valence-electron chi connectivity index (χ3n) is 1.09. The Morgan fingerprint density at radius 1 is 1.80 bits per heavy atom. The Kier molecular flexibility index (Phi) is 1.80. The molecule has 0 spiro atoms. The molecule has 3 nitrogen and oxygen atoms in total. The highest BCUT2D eigenvalue weighted by molar-refractivity contribution is 5.58. The van der Waals surface area contributed by atoms with Crippen LogP contribution in [0, 0.1) is 5.95 Å². The molecule has 1 rings (SSSR count). The van der Waals surface area contributed by atoms with Crippen LogP contribution in [0.25, 0.3) is 0 Å². The van der Waals surface area contributed by atoms with E-state index in [2.05, 4.69) is 10.1 Å². The fourth-order valence-electron chi connectivity index (χ4n) is 0.676. The Hall–Kier alpha value is -1.19. The Balaban J connectivity index is 3.03. The van der Waals surface area contributed by atoms with Crippen LogP contribution < -0.4 is 0 Å². The first kappa shape index (κ1) is 6.92. The number of hydrogen-bond donors (Lipinski definition) is 0. The minimum atomic E-state index is -0.497. The van der Waals surface area contributed by atoms with E-state index in [1.807, 2.05) is 0 Å². The molecule has 1 heterocycles. The molecule has 0 aromatic carbocycles. The van der Waals surface area contributed by atoms with Crippen molar-refractivity contribution < 1.29 is 4.39 Å². The van der Waals surface area contributed by atoms with E-state index < -0.39 is 5.95 Å². The molecule has 0 saturated heterocycles. The SMILES string of the molecule is CC=Nc1cc(F)nn1C. The first-order valence-electron chi connectivity index (χ1n) is 2.92. The number of aliphatic imine (C=N–C) groups is 1. The molecule has 0 atom stereocenters. The smallest absolute Gasteiger partial charge is 0.234 e. The molecule has 1 aromatic rings. The summed E-state index contributed by atoms with van der Waals surface area (Å²) in [5.41, 5.74) is 0. The molecule has 10 heavy (non-hydrogen) atoms. The van der Waals surface area contributed by atoms with Gasteiger partial charge in [0, 0.05) is 19.3 Å². The van der Waals surface area contributed by atoms with E-state index in [9.17, 15) is 4.39 Å². The number of aromatic nitrogens is 2. The largest absolute Gasteiger partial charge is 0.248 e. The lowest BCUT2D eigenvalue weighted by Crippen LogP contribution is -1.89. The van der Waals surface area contributed by atoms with Gasteiger partial charge < -0.3 is 0 Å². The Labute approximate surface area is 58.2 Å². The first-order chi connectivity index (χ1) is 4.74. The zero-order chi connectivity index (χ0) is 7.56. The van der Waals surface area contributed by atoms with Gasteiger partial charge in [0.1, 0.15) is 0 Å². The van der Waals surface area contributed by atoms with Gasteiger partial charge in [-0.15, -0.1) is 5.10 Å². The van der Waals surface area contributed by atoms with Crippen LogP contribution in [0.5, 0.6) is 0 Å². The fraction of sp³-hybridized carbons (Fsp3) is 0.333. The van der Waals surface area contributed by atoms with E-state index in [1.54, 1.807) is 20.2 Å². The van der Waals surface area contributed by atoms with Gasteiger partial charge in [0.15, 0.2) is 5.82 Å². The molecule has 0 N–H and O–H groups in total. The summed E-state index contributed by atoms with van der Waals surface area (Å²) in [5, 5.41) is 3.47. The molecule has 0 saturated carbocycles. The molecular formula is C6H8FN3. The second kappa shape index (κ2) is 2.60. The number of halogens is 1. The molecule has 4 heteroatoms. The Morgan fingerprint density at radius 3 is 2.90 bits per heavy atom. The molecule has 0 bridgehead atoms. The zero-order valence-electron chi connectivity index (χ0n) is 5.87. The van der Waals surface area contributed by atoms with E-state index in [0.717, 1.165) is 0 Å². The second-order valence-electron chi connectivity index (χ2n) is 1.84. The van der Waals surface area contributed by atoms with Crippen LogP contribution in [0.2, 0.25) is 0 Å². The van der Waals surface area contributed by atoms with E-state index in [1.165, 1.54) is 10.7 Å². The maximum absolute atomic E-state index is 12.3. The van der Waals surface area contributed by atoms with Crippen molar-refractivity contribution in [3.05, 3.63) is 12.0 Å². The van der Waals surface area contributed by atoms with Gasteiger partial charge in [-0.1, -0.05) is 0 Å². The average molecular weight is 141 g/mol. The van der Waals surface area contributed by atoms with E-state index in [4.69, 9.17) is 0 Å². The summed E-state index contributed by atoms with van der Waals surface area (Å²) in [5.74, 6) is 0.0306. The van der Waals surface area contributed by atoms with Gasteiger partial charge in [-0.3, -0.25) is 0 Å². The minimum absolute atomic E-state index is 0.497. The summed E-state index contributed by atoms with van der Waals surface area (Å²) in [6, 6.07) is 1.28. The van der Waals surface area contributed by atoms with Crippen LogP contribution >= 0.6 is 0 Å². The van der Waals surface area contributed by atoms with Gasteiger partial charge in [-0.2, -0.15) is 4.39 Å². The van der Waals surface area contributed by atoms with E-state index in [0.29, 0.717) is 5.82 Å². The summed E-state index contributed by atoms with van der Waals surface area (Å²) in [7, 11) is 1.64. The van der Waals surface area contributed by atoms with Crippen molar-refractivity contribution in [1.29, 1.82) is 0 Å². The molecule has 1 aromatic heterocycles. The molecular weight excluding hydrogens is 133 g/mol. The maximum atomic E-state index is 12.3. The van der Waals surface area contributed by atoms with Gasteiger partial charge in [0.25, 0.3) is 0 Å². The normalized spacial score (nSPS) is 11.1. The highest BCUT2D eigenvalue weighted by atomic mass is 19.1. The first-order valence-corrected chi connectivity index (χ1v) is 2.92. The molecule has 54 valence electrons. The molecule has 0 aliphatic heterocycles. The van der Waals surface area contributed by atoms with Crippen molar-refractivity contribution in [3.63, 3.8) is 0 Å². The van der Waals surface area contributed by atoms with Crippen LogP contribution in [-0.2, 0) is 7.05 Å². The van der Waals surface area contributed by atoms with Gasteiger partial charge in [-0.05, 0) is 6.92 Å². The summed E-state index contributed by atoms with van der Waals surface area (Å²) < 4.78 is 13.7. The lowest BCUT2D eigenvalue weighted by Gasteiger charge is -1.89. The predicted octanol–water partition coefficient (Wildman–Crippen LogP) is 1.28. The quantitative estimate of drug-likeness (QED) is 0.542. The van der Waals surface area contributed by atoms with E-state index in [-0.39, 0.29) is 0 Å². The number of hydrogen-bond acceptors (Lipinski definition) is 2. The van der Waals surface area contributed by atoms with Crippen molar-refractivity contribution in [2.24, 2.45) is 12.0 Å². The lowest BCUT2D eigenvalue weighted by atomic mass is 10.6. The summed E-state index contributed by atoms with van der Waals surface area (Å²) >= 11 is 0. The molecule has 0 aliphatic rings. The highest BCUT2D eigenvalue weighted by Crippen LogP contribution is 2.09. The standard InChI is InChI=1S/C6H8FN3/c1-3-8-6-4-5(7)9-10(6)2/h3-4H,1-2H3. The summed E-state index contributed by atoms with van der Waals surface area (Å²) in [4.78, 5) is 3.86. The van der Waals surface area contributed by atoms with Crippen molar-refractivity contribution in [1.82, 2.24) is 9.78 Å². The lowest BCUT2D eigenvalue weighted by molar-refractivity contribution is 0.554. The maximum Gasteiger partial charge on any atom is 0.234 e. The molecule has 0 unspecified atom stereocenters. The molecule has 0 radical (unpaired) electrons. The van der Waals surface area contributed by atoms with Gasteiger partial charge in [0.2, 0.25) is 5.95 Å². The zero-order valence-corrected chi connectivity index (χ0v) is 5.87. The minimum Gasteiger partial charge on any atom is -0.248 e. The fourth-order valence-corrected chi connectivity index (χ4v) is 0.676. The number of nitrogens with zero attached hydrogens (tertiary/aromatic N) is 3. The van der Waals surface area contributed by atoms with E-state index >= 15 is 0 Å². The van der Waals surface area contributed by atoms with Crippen LogP contribution in [-0.4, -0.2) is 16.0 Å². The van der Waals surface area contributed by atoms with Gasteiger partial charge in [0.05, 0.1) is 0 Å². The molecule has 0 aliphatic carbocycles. The highest BCUT2D eigenvalue weighted by Gasteiger charge is 1.99. The van der Waals surface area contributed by atoms with Crippen LogP contribution in [0.4, 0.5) is 10.2 Å². The van der Waals surface area contributed by atoms with Gasteiger partial charge in [-0.25, -0.2) is 9.67 Å². The predicted molar refractivity (Wildman–Crippen MR) is 37.0 cm³/mol. The van der Waals surface area contributed by atoms with Crippen LogP contribution in [0.15, 0.2) is 11.1 Å². The average Bonchev–Trinajstić information content (AvgIpc) is 2.13. The van der Waals surface area contributed by atoms with Gasteiger partial charge >= 0.3 is 0 Å². The number of aryl methyl sites for hydroxylation is 1. The third kappa shape index (κ3) is 1.21. The van der Waals surface area contributed by atoms with Crippen molar-refractivity contribution in [2.45, 2.75) is 6.92 Å². The van der Waals surface area contributed by atoms with Crippen molar-refractivity contribution in [3.8, 4) is 0 Å². The van der Waals surface area contributed by atoms with Crippen molar-refractivity contribution in [2.75, 3.05) is 0 Å². The van der Waals surface area contributed by atoms with Crippen molar-refractivity contribution >= 4 is 12.0 Å². The second-order valence-corrected chi connectivity index (χ2v) is 1.84. The Bertz CT molecular complexity index is 251. The van der Waals surface area contributed by atoms with Crippen LogP contribution in [0.3, 0.4) is 0 Å². The third-order valence-corrected chi connectivity index (χ3v) is 1.09.